The molecule has 7 nitrogen and oxygen atoms in total. The van der Waals surface area contributed by atoms with Crippen molar-refractivity contribution in [3.63, 3.8) is 0 Å². The van der Waals surface area contributed by atoms with Gasteiger partial charge in [0.1, 0.15) is 19.0 Å². The number of hydrogen-bond acceptors (Lipinski definition) is 6. The molecule has 0 radical (unpaired) electrons. The van der Waals surface area contributed by atoms with Gasteiger partial charge >= 0.3 is 0 Å². The topological polar surface area (TPSA) is 73.3 Å². The van der Waals surface area contributed by atoms with Crippen molar-refractivity contribution in [3.8, 4) is 17.2 Å². The highest BCUT2D eigenvalue weighted by atomic mass is 32.1. The molecule has 3 rings (SSSR count). The van der Waals surface area contributed by atoms with E-state index in [2.05, 4.69) is 35.8 Å². The summed E-state index contributed by atoms with van der Waals surface area (Å²) in [5.41, 5.74) is 7.29. The van der Waals surface area contributed by atoms with Crippen molar-refractivity contribution in [1.82, 2.24) is 10.7 Å². The molecule has 0 atom stereocenters. The molecule has 3 aromatic rings. The Morgan fingerprint density at radius 1 is 0.838 bits per heavy atom. The van der Waals surface area contributed by atoms with Crippen molar-refractivity contribution in [1.29, 1.82) is 0 Å². The largest absolute Gasteiger partial charge is 0.491 e. The molecule has 37 heavy (non-hydrogen) atoms. The van der Waals surface area contributed by atoms with Crippen LogP contribution in [0.3, 0.4) is 0 Å². The maximum absolute atomic E-state index is 5.87. The molecular formula is C29H35N3O4S. The van der Waals surface area contributed by atoms with Gasteiger partial charge in [-0.25, -0.2) is 0 Å². The van der Waals surface area contributed by atoms with Gasteiger partial charge in [-0.05, 0) is 85.6 Å². The summed E-state index contributed by atoms with van der Waals surface area (Å²) in [5.74, 6) is 2.16. The molecule has 0 aliphatic rings. The third kappa shape index (κ3) is 10.1. The minimum atomic E-state index is 0.403. The fraction of sp³-hybridized carbons (Fsp3) is 0.310. The second kappa shape index (κ2) is 15.5. The first kappa shape index (κ1) is 28.0. The first-order valence-corrected chi connectivity index (χ1v) is 12.7. The van der Waals surface area contributed by atoms with E-state index in [-0.39, 0.29) is 0 Å². The number of nitrogens with zero attached hydrogens (tertiary/aromatic N) is 1. The van der Waals surface area contributed by atoms with Crippen molar-refractivity contribution in [3.05, 3.63) is 89.0 Å². The SMILES string of the molecule is CCOc1cc(C=NNC(=S)NCc2ccccc2)ccc1OCCOCCOc1ccc(C)c(C)c1. The summed E-state index contributed by atoms with van der Waals surface area (Å²) >= 11 is 5.28. The lowest BCUT2D eigenvalue weighted by molar-refractivity contribution is 0.0755. The maximum atomic E-state index is 5.87. The average molecular weight is 522 g/mol. The van der Waals surface area contributed by atoms with Gasteiger partial charge in [-0.1, -0.05) is 36.4 Å². The Morgan fingerprint density at radius 3 is 2.38 bits per heavy atom. The Morgan fingerprint density at radius 2 is 1.62 bits per heavy atom. The number of aryl methyl sites for hydroxylation is 2. The number of rotatable bonds is 14. The molecule has 2 N–H and O–H groups in total. The fourth-order valence-corrected chi connectivity index (χ4v) is 3.44. The van der Waals surface area contributed by atoms with Gasteiger partial charge in [0.15, 0.2) is 16.6 Å². The molecule has 0 saturated carbocycles. The lowest BCUT2D eigenvalue weighted by atomic mass is 10.1. The van der Waals surface area contributed by atoms with E-state index in [1.54, 1.807) is 6.21 Å². The number of thiocarbonyl (C=S) groups is 1. The standard InChI is InChI=1S/C29H35N3O4S/c1-4-34-28-19-25(21-31-32-29(37)30-20-24-8-6-5-7-9-24)11-13-27(28)36-17-15-33-14-16-35-26-12-10-22(2)23(3)18-26/h5-13,18-19,21H,4,14-17,20H2,1-3H3,(H2,30,32,37). The number of hydrazone groups is 1. The lowest BCUT2D eigenvalue weighted by Crippen LogP contribution is -2.31. The molecule has 0 bridgehead atoms. The zero-order valence-corrected chi connectivity index (χ0v) is 22.5. The molecule has 0 spiro atoms. The minimum absolute atomic E-state index is 0.403. The smallest absolute Gasteiger partial charge is 0.187 e. The monoisotopic (exact) mass is 521 g/mol. The van der Waals surface area contributed by atoms with Crippen LogP contribution in [0.1, 0.15) is 29.2 Å². The highest BCUT2D eigenvalue weighted by Crippen LogP contribution is 2.28. The van der Waals surface area contributed by atoms with E-state index in [0.717, 1.165) is 16.9 Å². The van der Waals surface area contributed by atoms with Crippen LogP contribution < -0.4 is 25.0 Å². The second-order valence-electron chi connectivity index (χ2n) is 8.23. The first-order chi connectivity index (χ1) is 18.0. The predicted molar refractivity (Wildman–Crippen MR) is 152 cm³/mol. The lowest BCUT2D eigenvalue weighted by Gasteiger charge is -2.13. The summed E-state index contributed by atoms with van der Waals surface area (Å²) in [5, 5.41) is 7.78. The number of benzene rings is 3. The van der Waals surface area contributed by atoms with Gasteiger partial charge in [-0.3, -0.25) is 5.43 Å². The van der Waals surface area contributed by atoms with E-state index in [4.69, 9.17) is 31.2 Å². The molecule has 0 heterocycles. The summed E-state index contributed by atoms with van der Waals surface area (Å²) in [6, 6.07) is 21.7. The number of ether oxygens (including phenoxy) is 4. The van der Waals surface area contributed by atoms with Crippen LogP contribution in [0, 0.1) is 13.8 Å². The molecule has 8 heteroatoms. The van der Waals surface area contributed by atoms with Gasteiger partial charge in [0, 0.05) is 6.54 Å². The van der Waals surface area contributed by atoms with Crippen LogP contribution in [-0.4, -0.2) is 44.4 Å². The van der Waals surface area contributed by atoms with Gasteiger partial charge < -0.3 is 24.3 Å². The summed E-state index contributed by atoms with van der Waals surface area (Å²) in [6.45, 7) is 9.06. The van der Waals surface area contributed by atoms with Crippen LogP contribution in [0.2, 0.25) is 0 Å². The Kier molecular flexibility index (Phi) is 11.7. The van der Waals surface area contributed by atoms with Crippen LogP contribution in [0.25, 0.3) is 0 Å². The summed E-state index contributed by atoms with van der Waals surface area (Å²) in [4.78, 5) is 0. The molecule has 0 amide bonds. The Bertz CT molecular complexity index is 1160. The van der Waals surface area contributed by atoms with E-state index in [1.807, 2.05) is 67.6 Å². The van der Waals surface area contributed by atoms with Crippen molar-refractivity contribution in [2.75, 3.05) is 33.0 Å². The third-order valence-corrected chi connectivity index (χ3v) is 5.64. The molecule has 0 saturated heterocycles. The minimum Gasteiger partial charge on any atom is -0.491 e. The highest BCUT2D eigenvalue weighted by Gasteiger charge is 2.06. The third-order valence-electron chi connectivity index (χ3n) is 5.40. The van der Waals surface area contributed by atoms with Gasteiger partial charge in [0.25, 0.3) is 0 Å². The summed E-state index contributed by atoms with van der Waals surface area (Å²) in [7, 11) is 0. The van der Waals surface area contributed by atoms with E-state index in [0.29, 0.717) is 56.2 Å². The van der Waals surface area contributed by atoms with Crippen molar-refractivity contribution < 1.29 is 18.9 Å². The zero-order chi connectivity index (χ0) is 26.3. The Labute approximate surface area is 224 Å². The van der Waals surface area contributed by atoms with Gasteiger partial charge in [-0.2, -0.15) is 5.10 Å². The van der Waals surface area contributed by atoms with Gasteiger partial charge in [-0.15, -0.1) is 0 Å². The zero-order valence-electron chi connectivity index (χ0n) is 21.7. The predicted octanol–water partition coefficient (Wildman–Crippen LogP) is 5.17. The fourth-order valence-electron chi connectivity index (χ4n) is 3.31. The first-order valence-electron chi connectivity index (χ1n) is 12.3. The Balaban J connectivity index is 1.37. The van der Waals surface area contributed by atoms with Crippen LogP contribution in [0.15, 0.2) is 71.8 Å². The van der Waals surface area contributed by atoms with E-state index < -0.39 is 0 Å². The van der Waals surface area contributed by atoms with Crippen LogP contribution >= 0.6 is 12.2 Å². The van der Waals surface area contributed by atoms with E-state index >= 15 is 0 Å². The highest BCUT2D eigenvalue weighted by molar-refractivity contribution is 7.80. The second-order valence-corrected chi connectivity index (χ2v) is 8.64. The molecular weight excluding hydrogens is 486 g/mol. The van der Waals surface area contributed by atoms with Gasteiger partial charge in [0.05, 0.1) is 26.0 Å². The summed E-state index contributed by atoms with van der Waals surface area (Å²) < 4.78 is 23.0. The maximum Gasteiger partial charge on any atom is 0.187 e. The number of nitrogens with one attached hydrogen (secondary N) is 2. The molecule has 0 unspecified atom stereocenters. The van der Waals surface area contributed by atoms with Crippen molar-refractivity contribution in [2.45, 2.75) is 27.3 Å². The molecule has 0 aliphatic carbocycles. The summed E-state index contributed by atoms with van der Waals surface area (Å²) in [6.07, 6.45) is 1.68. The molecule has 196 valence electrons. The normalized spacial score (nSPS) is 10.8. The molecule has 0 aromatic heterocycles. The molecule has 3 aromatic carbocycles. The van der Waals surface area contributed by atoms with Gasteiger partial charge in [0.2, 0.25) is 0 Å². The average Bonchev–Trinajstić information content (AvgIpc) is 2.90. The van der Waals surface area contributed by atoms with Crippen LogP contribution in [-0.2, 0) is 11.3 Å². The van der Waals surface area contributed by atoms with Crippen molar-refractivity contribution >= 4 is 23.5 Å². The molecule has 0 fully saturated rings. The van der Waals surface area contributed by atoms with E-state index in [9.17, 15) is 0 Å². The van der Waals surface area contributed by atoms with Crippen LogP contribution in [0.4, 0.5) is 0 Å². The quantitative estimate of drug-likeness (QED) is 0.131. The van der Waals surface area contributed by atoms with Crippen LogP contribution in [0.5, 0.6) is 17.2 Å². The molecule has 0 aliphatic heterocycles. The van der Waals surface area contributed by atoms with E-state index in [1.165, 1.54) is 11.1 Å². The Hall–Kier alpha value is -3.62. The number of hydrogen-bond donors (Lipinski definition) is 2. The van der Waals surface area contributed by atoms with Crippen molar-refractivity contribution in [2.24, 2.45) is 5.10 Å².